The normalized spacial score (nSPS) is 18.3. The Morgan fingerprint density at radius 3 is 2.79 bits per heavy atom. The average Bonchev–Trinajstić information content (AvgIpc) is 2.99. The maximum atomic E-state index is 10.9. The summed E-state index contributed by atoms with van der Waals surface area (Å²) in [6, 6.07) is 0.663. The van der Waals surface area contributed by atoms with Crippen molar-refractivity contribution in [2.45, 2.75) is 38.6 Å². The molecule has 0 aromatic carbocycles. The molecule has 82 valence electrons. The van der Waals surface area contributed by atoms with E-state index < -0.39 is 0 Å². The number of amides is 1. The second kappa shape index (κ2) is 5.32. The van der Waals surface area contributed by atoms with Gasteiger partial charge in [0.15, 0.2) is 0 Å². The van der Waals surface area contributed by atoms with Crippen LogP contribution in [0.15, 0.2) is 0 Å². The van der Waals surface area contributed by atoms with Gasteiger partial charge in [-0.15, -0.1) is 0 Å². The van der Waals surface area contributed by atoms with Crippen molar-refractivity contribution in [1.82, 2.24) is 10.3 Å². The van der Waals surface area contributed by atoms with Crippen molar-refractivity contribution >= 4 is 5.91 Å². The molecule has 3 N–H and O–H groups in total. The van der Waals surface area contributed by atoms with E-state index >= 15 is 0 Å². The predicted octanol–water partition coefficient (Wildman–Crippen LogP) is 0.487. The first-order chi connectivity index (χ1) is 6.65. The quantitative estimate of drug-likeness (QED) is 0.372. The fraction of sp³-hybridized carbons (Fsp3) is 0.900. The zero-order valence-corrected chi connectivity index (χ0v) is 9.12. The molecule has 14 heavy (non-hydrogen) atoms. The second-order valence-electron chi connectivity index (χ2n) is 4.23. The Bertz CT molecular complexity index is 192. The van der Waals surface area contributed by atoms with Gasteiger partial charge < -0.3 is 4.90 Å². The van der Waals surface area contributed by atoms with Gasteiger partial charge >= 0.3 is 0 Å². The van der Waals surface area contributed by atoms with Crippen molar-refractivity contribution in [2.75, 3.05) is 13.6 Å². The van der Waals surface area contributed by atoms with Gasteiger partial charge in [0.1, 0.15) is 0 Å². The van der Waals surface area contributed by atoms with Gasteiger partial charge in [0.2, 0.25) is 5.91 Å². The molecule has 0 aromatic heterocycles. The Labute approximate surface area is 85.8 Å². The van der Waals surface area contributed by atoms with Crippen molar-refractivity contribution in [3.05, 3.63) is 0 Å². The zero-order chi connectivity index (χ0) is 10.6. The summed E-state index contributed by atoms with van der Waals surface area (Å²) >= 11 is 0. The molecular weight excluding hydrogens is 178 g/mol. The van der Waals surface area contributed by atoms with Gasteiger partial charge in [0.25, 0.3) is 0 Å². The number of nitrogens with zero attached hydrogens (tertiary/aromatic N) is 1. The van der Waals surface area contributed by atoms with Gasteiger partial charge in [-0.05, 0) is 45.7 Å². The minimum atomic E-state index is -0.0718. The lowest BCUT2D eigenvalue weighted by atomic mass is 10.2. The lowest BCUT2D eigenvalue weighted by Crippen LogP contribution is -2.34. The molecule has 0 aromatic rings. The van der Waals surface area contributed by atoms with E-state index in [0.29, 0.717) is 12.5 Å². The topological polar surface area (TPSA) is 58.4 Å². The molecule has 0 heterocycles. The van der Waals surface area contributed by atoms with Crippen molar-refractivity contribution in [3.63, 3.8) is 0 Å². The lowest BCUT2D eigenvalue weighted by Gasteiger charge is -2.24. The average molecular weight is 199 g/mol. The molecule has 0 saturated heterocycles. The summed E-state index contributed by atoms with van der Waals surface area (Å²) < 4.78 is 0. The van der Waals surface area contributed by atoms with Crippen molar-refractivity contribution < 1.29 is 4.79 Å². The highest BCUT2D eigenvalue weighted by atomic mass is 16.2. The van der Waals surface area contributed by atoms with Crippen LogP contribution in [0.3, 0.4) is 0 Å². The highest BCUT2D eigenvalue weighted by molar-refractivity contribution is 5.75. The SMILES string of the molecule is CC(C1CC1)N(C)CCCC(=O)NN. The largest absolute Gasteiger partial charge is 0.303 e. The van der Waals surface area contributed by atoms with Crippen LogP contribution in [0.5, 0.6) is 0 Å². The molecule has 1 amide bonds. The number of hydrogen-bond acceptors (Lipinski definition) is 3. The molecular formula is C10H21N3O. The third-order valence-electron chi connectivity index (χ3n) is 3.08. The molecule has 0 spiro atoms. The zero-order valence-electron chi connectivity index (χ0n) is 9.12. The molecule has 1 aliphatic rings. The Kier molecular flexibility index (Phi) is 4.35. The lowest BCUT2D eigenvalue weighted by molar-refractivity contribution is -0.121. The molecule has 1 aliphatic carbocycles. The predicted molar refractivity (Wildman–Crippen MR) is 56.4 cm³/mol. The van der Waals surface area contributed by atoms with Gasteiger partial charge in [0, 0.05) is 12.5 Å². The number of carbonyl (C=O) groups is 1. The Hall–Kier alpha value is -0.610. The van der Waals surface area contributed by atoms with Crippen LogP contribution in [-0.4, -0.2) is 30.4 Å². The smallest absolute Gasteiger partial charge is 0.233 e. The summed E-state index contributed by atoms with van der Waals surface area (Å²) in [5.74, 6) is 5.81. The summed E-state index contributed by atoms with van der Waals surface area (Å²) in [4.78, 5) is 13.2. The van der Waals surface area contributed by atoms with E-state index in [1.807, 2.05) is 0 Å². The van der Waals surface area contributed by atoms with Crippen LogP contribution >= 0.6 is 0 Å². The molecule has 0 radical (unpaired) electrons. The first-order valence-corrected chi connectivity index (χ1v) is 5.35. The Morgan fingerprint density at radius 1 is 1.64 bits per heavy atom. The van der Waals surface area contributed by atoms with E-state index in [2.05, 4.69) is 24.3 Å². The maximum absolute atomic E-state index is 10.9. The summed E-state index contributed by atoms with van der Waals surface area (Å²) in [6.45, 7) is 3.24. The molecule has 1 fully saturated rings. The minimum Gasteiger partial charge on any atom is -0.303 e. The summed E-state index contributed by atoms with van der Waals surface area (Å²) in [6.07, 6.45) is 4.15. The molecule has 0 bridgehead atoms. The number of hydrazine groups is 1. The summed E-state index contributed by atoms with van der Waals surface area (Å²) in [5, 5.41) is 0. The third kappa shape index (κ3) is 3.64. The molecule has 1 atom stereocenters. The summed E-state index contributed by atoms with van der Waals surface area (Å²) in [5.41, 5.74) is 2.15. The van der Waals surface area contributed by atoms with Crippen LogP contribution in [0.1, 0.15) is 32.6 Å². The van der Waals surface area contributed by atoms with E-state index in [0.717, 1.165) is 18.9 Å². The van der Waals surface area contributed by atoms with Crippen LogP contribution in [-0.2, 0) is 4.79 Å². The van der Waals surface area contributed by atoms with Gasteiger partial charge in [-0.25, -0.2) is 5.84 Å². The molecule has 4 heteroatoms. The van der Waals surface area contributed by atoms with E-state index in [-0.39, 0.29) is 5.91 Å². The fourth-order valence-electron chi connectivity index (χ4n) is 1.70. The van der Waals surface area contributed by atoms with Gasteiger partial charge in [0.05, 0.1) is 0 Å². The molecule has 1 rings (SSSR count). The highest BCUT2D eigenvalue weighted by Gasteiger charge is 2.29. The van der Waals surface area contributed by atoms with Crippen LogP contribution in [0, 0.1) is 5.92 Å². The molecule has 1 unspecified atom stereocenters. The number of hydrogen-bond donors (Lipinski definition) is 2. The van der Waals surface area contributed by atoms with Crippen molar-refractivity contribution in [3.8, 4) is 0 Å². The molecule has 0 aliphatic heterocycles. The van der Waals surface area contributed by atoms with Gasteiger partial charge in [-0.3, -0.25) is 10.2 Å². The van der Waals surface area contributed by atoms with Gasteiger partial charge in [-0.2, -0.15) is 0 Å². The van der Waals surface area contributed by atoms with Crippen LogP contribution in [0.2, 0.25) is 0 Å². The van der Waals surface area contributed by atoms with Crippen LogP contribution in [0.4, 0.5) is 0 Å². The summed E-state index contributed by atoms with van der Waals surface area (Å²) in [7, 11) is 2.13. The van der Waals surface area contributed by atoms with Crippen molar-refractivity contribution in [1.29, 1.82) is 0 Å². The number of nitrogens with two attached hydrogens (primary N) is 1. The van der Waals surface area contributed by atoms with E-state index in [9.17, 15) is 4.79 Å². The monoisotopic (exact) mass is 199 g/mol. The molecule has 1 saturated carbocycles. The second-order valence-corrected chi connectivity index (χ2v) is 4.23. The Balaban J connectivity index is 2.07. The van der Waals surface area contributed by atoms with E-state index in [1.54, 1.807) is 0 Å². The number of nitrogens with one attached hydrogen (secondary N) is 1. The standard InChI is InChI=1S/C10H21N3O/c1-8(9-5-6-9)13(2)7-3-4-10(14)12-11/h8-9H,3-7,11H2,1-2H3,(H,12,14). The Morgan fingerprint density at radius 2 is 2.29 bits per heavy atom. The van der Waals surface area contributed by atoms with Gasteiger partial charge in [-0.1, -0.05) is 0 Å². The maximum Gasteiger partial charge on any atom is 0.233 e. The molecule has 4 nitrogen and oxygen atoms in total. The first kappa shape index (κ1) is 11.5. The van der Waals surface area contributed by atoms with Crippen LogP contribution in [0.25, 0.3) is 0 Å². The third-order valence-corrected chi connectivity index (χ3v) is 3.08. The van der Waals surface area contributed by atoms with E-state index in [4.69, 9.17) is 5.84 Å². The fourth-order valence-corrected chi connectivity index (χ4v) is 1.70. The minimum absolute atomic E-state index is 0.0718. The van der Waals surface area contributed by atoms with Crippen LogP contribution < -0.4 is 11.3 Å². The van der Waals surface area contributed by atoms with Crippen molar-refractivity contribution in [2.24, 2.45) is 11.8 Å². The highest BCUT2D eigenvalue weighted by Crippen LogP contribution is 2.34. The van der Waals surface area contributed by atoms with E-state index in [1.165, 1.54) is 12.8 Å². The number of rotatable bonds is 6. The number of carbonyl (C=O) groups excluding carboxylic acids is 1. The first-order valence-electron chi connectivity index (χ1n) is 5.35.